The molecule has 0 aromatic heterocycles. The first-order valence-corrected chi connectivity index (χ1v) is 10.9. The number of nitrogens with one attached hydrogen (secondary N) is 1. The van der Waals surface area contributed by atoms with Crippen molar-refractivity contribution in [3.63, 3.8) is 0 Å². The predicted octanol–water partition coefficient (Wildman–Crippen LogP) is 3.89. The Labute approximate surface area is 207 Å². The monoisotopic (exact) mass is 556 g/mol. The molecular weight excluding hydrogens is 522 g/mol. The number of hydrogen-bond acceptors (Lipinski definition) is 4. The van der Waals surface area contributed by atoms with Crippen LogP contribution < -0.4 is 10.2 Å². The van der Waals surface area contributed by atoms with E-state index in [4.69, 9.17) is 9.47 Å². The molecule has 3 rings (SSSR count). The normalized spacial score (nSPS) is 14.3. The predicted molar refractivity (Wildman–Crippen MR) is 138 cm³/mol. The zero-order valence-electron chi connectivity index (χ0n) is 18.9. The Morgan fingerprint density at radius 3 is 2.44 bits per heavy atom. The fourth-order valence-corrected chi connectivity index (χ4v) is 3.66. The first-order chi connectivity index (χ1) is 15.2. The van der Waals surface area contributed by atoms with E-state index in [2.05, 4.69) is 38.3 Å². The van der Waals surface area contributed by atoms with E-state index >= 15 is 0 Å². The van der Waals surface area contributed by atoms with Crippen LogP contribution in [0.4, 0.5) is 10.1 Å². The minimum absolute atomic E-state index is 0. The van der Waals surface area contributed by atoms with Gasteiger partial charge in [0.2, 0.25) is 0 Å². The number of halogens is 2. The van der Waals surface area contributed by atoms with Crippen molar-refractivity contribution < 1.29 is 13.9 Å². The van der Waals surface area contributed by atoms with Crippen molar-refractivity contribution in [2.75, 3.05) is 57.9 Å². The molecule has 0 atom stereocenters. The van der Waals surface area contributed by atoms with Crippen LogP contribution in [-0.2, 0) is 22.6 Å². The minimum atomic E-state index is -0.166. The van der Waals surface area contributed by atoms with Crippen LogP contribution in [-0.4, -0.2) is 63.9 Å². The van der Waals surface area contributed by atoms with Gasteiger partial charge in [-0.3, -0.25) is 4.99 Å². The zero-order chi connectivity index (χ0) is 21.9. The van der Waals surface area contributed by atoms with Crippen LogP contribution in [0.3, 0.4) is 0 Å². The second-order valence-corrected chi connectivity index (χ2v) is 7.40. The summed E-state index contributed by atoms with van der Waals surface area (Å²) < 4.78 is 25.0. The molecule has 0 aliphatic carbocycles. The molecule has 0 bridgehead atoms. The van der Waals surface area contributed by atoms with Gasteiger partial charge in [-0.05, 0) is 30.2 Å². The Bertz CT molecular complexity index is 844. The fourth-order valence-electron chi connectivity index (χ4n) is 3.66. The lowest BCUT2D eigenvalue weighted by Crippen LogP contribution is -2.52. The second kappa shape index (κ2) is 14.3. The topological polar surface area (TPSA) is 49.3 Å². The first-order valence-electron chi connectivity index (χ1n) is 10.9. The van der Waals surface area contributed by atoms with E-state index < -0.39 is 0 Å². The molecule has 1 aliphatic heterocycles. The van der Waals surface area contributed by atoms with Gasteiger partial charge in [-0.1, -0.05) is 36.4 Å². The van der Waals surface area contributed by atoms with Gasteiger partial charge in [0.25, 0.3) is 0 Å². The van der Waals surface area contributed by atoms with Crippen LogP contribution in [0.1, 0.15) is 18.1 Å². The molecular formula is C24H34FIN4O2. The maximum absolute atomic E-state index is 14.1. The SMILES string of the molecule is CCOCCOCc1cccc(CNC(=NC)N2CCN(c3ccccc3F)CC2)c1.I. The molecule has 2 aromatic carbocycles. The molecule has 1 fully saturated rings. The van der Waals surface area contributed by atoms with Gasteiger partial charge in [0.15, 0.2) is 5.96 Å². The van der Waals surface area contributed by atoms with Crippen LogP contribution in [0.15, 0.2) is 53.5 Å². The number of para-hydroxylation sites is 1. The molecule has 1 aliphatic rings. The quantitative estimate of drug-likeness (QED) is 0.220. The zero-order valence-corrected chi connectivity index (χ0v) is 21.3. The summed E-state index contributed by atoms with van der Waals surface area (Å²) in [6.45, 7) is 8.29. The lowest BCUT2D eigenvalue weighted by Gasteiger charge is -2.37. The lowest BCUT2D eigenvalue weighted by molar-refractivity contribution is 0.0453. The molecule has 0 unspecified atom stereocenters. The molecule has 176 valence electrons. The van der Waals surface area contributed by atoms with Gasteiger partial charge < -0.3 is 24.6 Å². The standard InChI is InChI=1S/C24H33FN4O2.HI/c1-3-30-15-16-31-19-21-8-6-7-20(17-21)18-27-24(26-2)29-13-11-28(12-14-29)23-10-5-4-9-22(23)25;/h4-10,17H,3,11-16,18-19H2,1-2H3,(H,26,27);1H. The van der Waals surface area contributed by atoms with Crippen LogP contribution in [0, 0.1) is 5.82 Å². The van der Waals surface area contributed by atoms with Crippen molar-refractivity contribution in [1.29, 1.82) is 0 Å². The number of aliphatic imine (C=N–C) groups is 1. The summed E-state index contributed by atoms with van der Waals surface area (Å²) in [6.07, 6.45) is 0. The number of ether oxygens (including phenoxy) is 2. The molecule has 2 aromatic rings. The molecule has 1 N–H and O–H groups in total. The van der Waals surface area contributed by atoms with E-state index in [9.17, 15) is 4.39 Å². The molecule has 0 amide bonds. The maximum atomic E-state index is 14.1. The third-order valence-electron chi connectivity index (χ3n) is 5.27. The highest BCUT2D eigenvalue weighted by Gasteiger charge is 2.21. The maximum Gasteiger partial charge on any atom is 0.194 e. The average molecular weight is 556 g/mol. The molecule has 32 heavy (non-hydrogen) atoms. The van der Waals surface area contributed by atoms with E-state index in [0.29, 0.717) is 38.7 Å². The van der Waals surface area contributed by atoms with E-state index in [1.165, 1.54) is 11.6 Å². The van der Waals surface area contributed by atoms with Crippen LogP contribution in [0.25, 0.3) is 0 Å². The Balaban J connectivity index is 0.00000363. The summed E-state index contributed by atoms with van der Waals surface area (Å²) in [5, 5.41) is 3.46. The van der Waals surface area contributed by atoms with Crippen LogP contribution in [0.2, 0.25) is 0 Å². The van der Waals surface area contributed by atoms with Crippen molar-refractivity contribution in [1.82, 2.24) is 10.2 Å². The van der Waals surface area contributed by atoms with Gasteiger partial charge in [0.1, 0.15) is 5.82 Å². The Kier molecular flexibility index (Phi) is 11.8. The minimum Gasteiger partial charge on any atom is -0.379 e. The van der Waals surface area contributed by atoms with Crippen molar-refractivity contribution in [3.05, 3.63) is 65.5 Å². The highest BCUT2D eigenvalue weighted by Crippen LogP contribution is 2.20. The number of anilines is 1. The van der Waals surface area contributed by atoms with Gasteiger partial charge in [-0.25, -0.2) is 4.39 Å². The third-order valence-corrected chi connectivity index (χ3v) is 5.27. The first kappa shape index (κ1) is 26.3. The Hall–Kier alpha value is -1.91. The van der Waals surface area contributed by atoms with Crippen LogP contribution >= 0.6 is 24.0 Å². The van der Waals surface area contributed by atoms with E-state index in [0.717, 1.165) is 37.7 Å². The number of benzene rings is 2. The number of guanidine groups is 1. The smallest absolute Gasteiger partial charge is 0.194 e. The van der Waals surface area contributed by atoms with Gasteiger partial charge in [0, 0.05) is 46.4 Å². The molecule has 0 radical (unpaired) electrons. The number of hydrogen-bond donors (Lipinski definition) is 1. The molecule has 8 heteroatoms. The summed E-state index contributed by atoms with van der Waals surface area (Å²) in [4.78, 5) is 8.75. The molecule has 0 saturated carbocycles. The van der Waals surface area contributed by atoms with Gasteiger partial charge >= 0.3 is 0 Å². The third kappa shape index (κ3) is 7.90. The number of piperazine rings is 1. The molecule has 6 nitrogen and oxygen atoms in total. The summed E-state index contributed by atoms with van der Waals surface area (Å²) in [6, 6.07) is 15.3. The molecule has 1 saturated heterocycles. The second-order valence-electron chi connectivity index (χ2n) is 7.40. The fraction of sp³-hybridized carbons (Fsp3) is 0.458. The van der Waals surface area contributed by atoms with Gasteiger partial charge in [-0.15, -0.1) is 24.0 Å². The Morgan fingerprint density at radius 2 is 1.72 bits per heavy atom. The van der Waals surface area contributed by atoms with E-state index in [-0.39, 0.29) is 29.8 Å². The van der Waals surface area contributed by atoms with Crippen molar-refractivity contribution in [3.8, 4) is 0 Å². The van der Waals surface area contributed by atoms with Crippen LogP contribution in [0.5, 0.6) is 0 Å². The lowest BCUT2D eigenvalue weighted by atomic mass is 10.1. The highest BCUT2D eigenvalue weighted by atomic mass is 127. The highest BCUT2D eigenvalue weighted by molar-refractivity contribution is 14.0. The van der Waals surface area contributed by atoms with Gasteiger partial charge in [0.05, 0.1) is 25.5 Å². The number of nitrogens with zero attached hydrogens (tertiary/aromatic N) is 3. The number of rotatable bonds is 9. The van der Waals surface area contributed by atoms with E-state index in [1.807, 2.05) is 25.1 Å². The summed E-state index contributed by atoms with van der Waals surface area (Å²) in [5.41, 5.74) is 2.99. The van der Waals surface area contributed by atoms with Gasteiger partial charge in [-0.2, -0.15) is 0 Å². The van der Waals surface area contributed by atoms with Crippen molar-refractivity contribution >= 4 is 35.6 Å². The summed E-state index contributed by atoms with van der Waals surface area (Å²) >= 11 is 0. The van der Waals surface area contributed by atoms with Crippen molar-refractivity contribution in [2.45, 2.75) is 20.1 Å². The molecule has 1 heterocycles. The summed E-state index contributed by atoms with van der Waals surface area (Å²) in [7, 11) is 1.80. The van der Waals surface area contributed by atoms with E-state index in [1.54, 1.807) is 13.1 Å². The largest absolute Gasteiger partial charge is 0.379 e. The Morgan fingerprint density at radius 1 is 1.00 bits per heavy atom. The summed E-state index contributed by atoms with van der Waals surface area (Å²) in [5.74, 6) is 0.701. The molecule has 0 spiro atoms. The van der Waals surface area contributed by atoms with Crippen molar-refractivity contribution in [2.24, 2.45) is 4.99 Å². The average Bonchev–Trinajstić information content (AvgIpc) is 2.80.